The van der Waals surface area contributed by atoms with Crippen molar-refractivity contribution in [1.29, 1.82) is 0 Å². The van der Waals surface area contributed by atoms with Crippen molar-refractivity contribution >= 4 is 0 Å². The summed E-state index contributed by atoms with van der Waals surface area (Å²) in [7, 11) is 0. The Labute approximate surface area is 210 Å². The molecule has 2 heteroatoms. The second-order valence-corrected chi connectivity index (χ2v) is 13.6. The van der Waals surface area contributed by atoms with Gasteiger partial charge in [0, 0.05) is 6.61 Å². The Morgan fingerprint density at radius 2 is 1.74 bits per heavy atom. The van der Waals surface area contributed by atoms with E-state index < -0.39 is 0 Å². The number of hydrogen-bond acceptors (Lipinski definition) is 2. The Morgan fingerprint density at radius 3 is 2.50 bits per heavy atom. The smallest absolute Gasteiger partial charge is 0.157 e. The van der Waals surface area contributed by atoms with Crippen LogP contribution in [0, 0.1) is 40.4 Å². The molecular formula is C32H52O2. The molecule has 0 spiro atoms. The summed E-state index contributed by atoms with van der Waals surface area (Å²) in [5.41, 5.74) is 4.05. The zero-order valence-electron chi connectivity index (χ0n) is 22.7. The monoisotopic (exact) mass is 468 g/mol. The van der Waals surface area contributed by atoms with E-state index in [0.29, 0.717) is 16.9 Å². The molecule has 5 rings (SSSR count). The van der Waals surface area contributed by atoms with Crippen LogP contribution in [-0.4, -0.2) is 19.0 Å². The SMILES string of the molecule is C=C(CCC=C(C)C)C1CCC2C3CCC4CC(OC5CCCCO5)CCC4(C)C3CCC12C. The predicted molar refractivity (Wildman–Crippen MR) is 141 cm³/mol. The highest BCUT2D eigenvalue weighted by molar-refractivity contribution is 5.17. The molecule has 0 bridgehead atoms. The maximum absolute atomic E-state index is 6.50. The predicted octanol–water partition coefficient (Wildman–Crippen LogP) is 8.86. The molecule has 1 saturated heterocycles. The molecule has 4 saturated carbocycles. The van der Waals surface area contributed by atoms with Gasteiger partial charge in [0.25, 0.3) is 0 Å². The summed E-state index contributed by atoms with van der Waals surface area (Å²) < 4.78 is 12.4. The van der Waals surface area contributed by atoms with Gasteiger partial charge in [-0.1, -0.05) is 37.6 Å². The van der Waals surface area contributed by atoms with Crippen molar-refractivity contribution in [3.63, 3.8) is 0 Å². The van der Waals surface area contributed by atoms with Crippen LogP contribution < -0.4 is 0 Å². The first-order valence-corrected chi connectivity index (χ1v) is 14.9. The zero-order chi connectivity index (χ0) is 23.9. The molecule has 0 radical (unpaired) electrons. The van der Waals surface area contributed by atoms with Gasteiger partial charge in [0.05, 0.1) is 6.10 Å². The molecule has 0 aromatic carbocycles. The average molecular weight is 469 g/mol. The lowest BCUT2D eigenvalue weighted by atomic mass is 9.44. The summed E-state index contributed by atoms with van der Waals surface area (Å²) in [6.45, 7) is 15.3. The Hall–Kier alpha value is -0.600. The van der Waals surface area contributed by atoms with Gasteiger partial charge in [0.1, 0.15) is 0 Å². The highest BCUT2D eigenvalue weighted by Crippen LogP contribution is 2.68. The number of ether oxygens (including phenoxy) is 2. The van der Waals surface area contributed by atoms with E-state index in [9.17, 15) is 0 Å². The summed E-state index contributed by atoms with van der Waals surface area (Å²) in [6, 6.07) is 0. The molecule has 9 atom stereocenters. The third kappa shape index (κ3) is 4.60. The van der Waals surface area contributed by atoms with Gasteiger partial charge in [-0.05, 0) is 144 Å². The van der Waals surface area contributed by atoms with Crippen LogP contribution in [0.3, 0.4) is 0 Å². The molecule has 0 amide bonds. The maximum atomic E-state index is 6.50. The number of hydrogen-bond donors (Lipinski definition) is 0. The Bertz CT molecular complexity index is 759. The van der Waals surface area contributed by atoms with Crippen molar-refractivity contribution in [2.75, 3.05) is 6.61 Å². The van der Waals surface area contributed by atoms with Crippen molar-refractivity contribution in [2.45, 2.75) is 130 Å². The summed E-state index contributed by atoms with van der Waals surface area (Å²) in [4.78, 5) is 0. The molecular weight excluding hydrogens is 416 g/mol. The van der Waals surface area contributed by atoms with Crippen LogP contribution in [0.1, 0.15) is 118 Å². The van der Waals surface area contributed by atoms with Crippen LogP contribution in [0.15, 0.2) is 23.8 Å². The lowest BCUT2D eigenvalue weighted by Gasteiger charge is -2.61. The van der Waals surface area contributed by atoms with Gasteiger partial charge < -0.3 is 9.47 Å². The third-order valence-corrected chi connectivity index (χ3v) is 11.6. The standard InChI is InChI=1S/C32H52O2/c1-22(2)9-8-10-23(3)27-14-15-28-26-13-12-24-21-25(34-30-11-6-7-20-33-30)16-18-31(24,4)29(26)17-19-32(27,28)5/h9,24-30H,3,6-8,10-21H2,1-2,4-5H3. The first kappa shape index (κ1) is 25.1. The fraction of sp³-hybridized carbons (Fsp3) is 0.875. The van der Waals surface area contributed by atoms with Gasteiger partial charge in [-0.3, -0.25) is 0 Å². The number of fused-ring (bicyclic) bond motifs is 5. The van der Waals surface area contributed by atoms with E-state index >= 15 is 0 Å². The quantitative estimate of drug-likeness (QED) is 0.286. The molecule has 34 heavy (non-hydrogen) atoms. The molecule has 9 unspecified atom stereocenters. The highest BCUT2D eigenvalue weighted by atomic mass is 16.7. The number of allylic oxidation sites excluding steroid dienone is 3. The first-order chi connectivity index (χ1) is 16.3. The van der Waals surface area contributed by atoms with E-state index in [2.05, 4.69) is 40.3 Å². The van der Waals surface area contributed by atoms with Crippen LogP contribution in [0.4, 0.5) is 0 Å². The van der Waals surface area contributed by atoms with Gasteiger partial charge >= 0.3 is 0 Å². The average Bonchev–Trinajstić information content (AvgIpc) is 3.17. The second-order valence-electron chi connectivity index (χ2n) is 13.6. The van der Waals surface area contributed by atoms with Crippen molar-refractivity contribution in [3.8, 4) is 0 Å². The van der Waals surface area contributed by atoms with Crippen molar-refractivity contribution in [2.24, 2.45) is 40.4 Å². The van der Waals surface area contributed by atoms with Crippen molar-refractivity contribution in [3.05, 3.63) is 23.8 Å². The summed E-state index contributed by atoms with van der Waals surface area (Å²) >= 11 is 0. The summed E-state index contributed by atoms with van der Waals surface area (Å²) in [5.74, 6) is 4.44. The van der Waals surface area contributed by atoms with Gasteiger partial charge in [-0.25, -0.2) is 0 Å². The van der Waals surface area contributed by atoms with Crippen molar-refractivity contribution < 1.29 is 9.47 Å². The number of rotatable bonds is 6. The molecule has 5 aliphatic rings. The van der Waals surface area contributed by atoms with Crippen molar-refractivity contribution in [1.82, 2.24) is 0 Å². The van der Waals surface area contributed by atoms with E-state index in [1.165, 1.54) is 89.0 Å². The van der Waals surface area contributed by atoms with E-state index in [0.717, 1.165) is 42.6 Å². The molecule has 0 aromatic heterocycles. The van der Waals surface area contributed by atoms with E-state index in [4.69, 9.17) is 9.47 Å². The third-order valence-electron chi connectivity index (χ3n) is 11.6. The first-order valence-electron chi connectivity index (χ1n) is 14.9. The molecule has 1 heterocycles. The van der Waals surface area contributed by atoms with Gasteiger partial charge in [-0.15, -0.1) is 0 Å². The van der Waals surface area contributed by atoms with E-state index in [1.807, 2.05) is 0 Å². The van der Waals surface area contributed by atoms with Gasteiger partial charge in [0.15, 0.2) is 6.29 Å². The zero-order valence-corrected chi connectivity index (χ0v) is 22.7. The minimum atomic E-state index is 0.0788. The van der Waals surface area contributed by atoms with E-state index in [-0.39, 0.29) is 6.29 Å². The minimum Gasteiger partial charge on any atom is -0.353 e. The van der Waals surface area contributed by atoms with Crippen LogP contribution in [0.5, 0.6) is 0 Å². The fourth-order valence-corrected chi connectivity index (χ4v) is 9.77. The Morgan fingerprint density at radius 1 is 0.941 bits per heavy atom. The molecule has 2 nitrogen and oxygen atoms in total. The Balaban J connectivity index is 1.23. The molecule has 192 valence electrons. The topological polar surface area (TPSA) is 18.5 Å². The van der Waals surface area contributed by atoms with Crippen LogP contribution >= 0.6 is 0 Å². The minimum absolute atomic E-state index is 0.0788. The molecule has 4 aliphatic carbocycles. The Kier molecular flexibility index (Phi) is 7.40. The molecule has 0 N–H and O–H groups in total. The highest BCUT2D eigenvalue weighted by Gasteiger charge is 2.60. The summed E-state index contributed by atoms with van der Waals surface area (Å²) in [6.07, 6.45) is 21.4. The lowest BCUT2D eigenvalue weighted by Crippen LogP contribution is -2.54. The van der Waals surface area contributed by atoms with Crippen LogP contribution in [0.2, 0.25) is 0 Å². The normalized spacial score (nSPS) is 46.2. The largest absolute Gasteiger partial charge is 0.353 e. The summed E-state index contributed by atoms with van der Waals surface area (Å²) in [5, 5.41) is 0. The van der Waals surface area contributed by atoms with E-state index in [1.54, 1.807) is 5.57 Å². The maximum Gasteiger partial charge on any atom is 0.157 e. The molecule has 1 aliphatic heterocycles. The lowest BCUT2D eigenvalue weighted by molar-refractivity contribution is -0.212. The van der Waals surface area contributed by atoms with Gasteiger partial charge in [-0.2, -0.15) is 0 Å². The molecule has 0 aromatic rings. The fourth-order valence-electron chi connectivity index (χ4n) is 9.77. The molecule has 5 fully saturated rings. The van der Waals surface area contributed by atoms with Gasteiger partial charge in [0.2, 0.25) is 0 Å². The second kappa shape index (κ2) is 10.0. The van der Waals surface area contributed by atoms with Crippen LogP contribution in [0.25, 0.3) is 0 Å². The van der Waals surface area contributed by atoms with Crippen LogP contribution in [-0.2, 0) is 9.47 Å².